The highest BCUT2D eigenvalue weighted by atomic mass is 16.1. The molecule has 1 amide bonds. The van der Waals surface area contributed by atoms with Crippen molar-refractivity contribution >= 4 is 11.7 Å². The topological polar surface area (TPSA) is 45.2 Å². The summed E-state index contributed by atoms with van der Waals surface area (Å²) >= 11 is 0. The predicted octanol–water partition coefficient (Wildman–Crippen LogP) is 2.99. The SMILES string of the molecule is C[C@H]1CCCN(c2ccc(C(=O)NC3CCCC3)cn2)C1. The molecule has 0 aromatic carbocycles. The van der Waals surface area contributed by atoms with Crippen LogP contribution in [0.3, 0.4) is 0 Å². The first-order valence-corrected chi connectivity index (χ1v) is 8.24. The van der Waals surface area contributed by atoms with Crippen molar-refractivity contribution in [3.05, 3.63) is 23.9 Å². The Bertz CT molecular complexity index is 479. The number of hydrogen-bond acceptors (Lipinski definition) is 3. The monoisotopic (exact) mass is 287 g/mol. The number of carbonyl (C=O) groups excluding carboxylic acids is 1. The van der Waals surface area contributed by atoms with Crippen molar-refractivity contribution < 1.29 is 4.79 Å². The molecule has 4 heteroatoms. The van der Waals surface area contributed by atoms with E-state index in [0.29, 0.717) is 11.6 Å². The van der Waals surface area contributed by atoms with Crippen molar-refractivity contribution in [1.82, 2.24) is 10.3 Å². The van der Waals surface area contributed by atoms with Crippen molar-refractivity contribution in [2.24, 2.45) is 5.92 Å². The molecule has 1 aromatic heterocycles. The second-order valence-electron chi connectivity index (χ2n) is 6.55. The van der Waals surface area contributed by atoms with Gasteiger partial charge in [0.25, 0.3) is 5.91 Å². The number of rotatable bonds is 3. The number of nitrogens with zero attached hydrogens (tertiary/aromatic N) is 2. The van der Waals surface area contributed by atoms with Gasteiger partial charge in [-0.2, -0.15) is 0 Å². The molecule has 1 atom stereocenters. The zero-order valence-electron chi connectivity index (χ0n) is 12.8. The van der Waals surface area contributed by atoms with E-state index in [1.54, 1.807) is 6.20 Å². The summed E-state index contributed by atoms with van der Waals surface area (Å²) in [4.78, 5) is 19.0. The number of carbonyl (C=O) groups is 1. The molecule has 0 bridgehead atoms. The molecule has 1 aliphatic carbocycles. The van der Waals surface area contributed by atoms with Crippen molar-refractivity contribution in [1.29, 1.82) is 0 Å². The average Bonchev–Trinajstić information content (AvgIpc) is 3.00. The molecule has 1 aromatic rings. The molecule has 114 valence electrons. The lowest BCUT2D eigenvalue weighted by molar-refractivity contribution is 0.0937. The van der Waals surface area contributed by atoms with Crippen LogP contribution >= 0.6 is 0 Å². The molecule has 0 radical (unpaired) electrons. The van der Waals surface area contributed by atoms with Gasteiger partial charge in [0.05, 0.1) is 5.56 Å². The highest BCUT2D eigenvalue weighted by molar-refractivity contribution is 5.94. The van der Waals surface area contributed by atoms with Gasteiger partial charge in [0.15, 0.2) is 0 Å². The van der Waals surface area contributed by atoms with Gasteiger partial charge < -0.3 is 10.2 Å². The lowest BCUT2D eigenvalue weighted by Gasteiger charge is -2.31. The van der Waals surface area contributed by atoms with Crippen molar-refractivity contribution in [3.8, 4) is 0 Å². The molecule has 1 N–H and O–H groups in total. The Kier molecular flexibility index (Phi) is 4.42. The fraction of sp³-hybridized carbons (Fsp3) is 0.647. The highest BCUT2D eigenvalue weighted by Crippen LogP contribution is 2.21. The van der Waals surface area contributed by atoms with E-state index in [2.05, 4.69) is 22.1 Å². The molecular weight excluding hydrogens is 262 g/mol. The first-order valence-electron chi connectivity index (χ1n) is 8.24. The van der Waals surface area contributed by atoms with Gasteiger partial charge in [-0.3, -0.25) is 4.79 Å². The second kappa shape index (κ2) is 6.46. The van der Waals surface area contributed by atoms with Gasteiger partial charge in [0.1, 0.15) is 5.82 Å². The minimum atomic E-state index is 0.0213. The quantitative estimate of drug-likeness (QED) is 0.929. The molecule has 3 rings (SSSR count). The summed E-state index contributed by atoms with van der Waals surface area (Å²) in [5.74, 6) is 1.75. The van der Waals surface area contributed by atoms with Crippen molar-refractivity contribution in [2.75, 3.05) is 18.0 Å². The molecule has 1 saturated heterocycles. The van der Waals surface area contributed by atoms with E-state index < -0.39 is 0 Å². The fourth-order valence-electron chi connectivity index (χ4n) is 3.44. The molecule has 1 saturated carbocycles. The highest BCUT2D eigenvalue weighted by Gasteiger charge is 2.20. The number of nitrogens with one attached hydrogen (secondary N) is 1. The lowest BCUT2D eigenvalue weighted by Crippen LogP contribution is -2.35. The predicted molar refractivity (Wildman–Crippen MR) is 84.6 cm³/mol. The molecular formula is C17H25N3O. The van der Waals surface area contributed by atoms with Crippen LogP contribution < -0.4 is 10.2 Å². The molecule has 0 spiro atoms. The fourth-order valence-corrected chi connectivity index (χ4v) is 3.44. The number of amides is 1. The van der Waals surface area contributed by atoms with Crippen LogP contribution in [-0.2, 0) is 0 Å². The van der Waals surface area contributed by atoms with Gasteiger partial charge in [0, 0.05) is 25.3 Å². The standard InChI is InChI=1S/C17H25N3O/c1-13-5-4-10-20(12-13)16-9-8-14(11-18-16)17(21)19-15-6-2-3-7-15/h8-9,11,13,15H,2-7,10,12H2,1H3,(H,19,21)/t13-/m0/s1. The van der Waals surface area contributed by atoms with Gasteiger partial charge in [0.2, 0.25) is 0 Å². The summed E-state index contributed by atoms with van der Waals surface area (Å²) in [5, 5.41) is 3.11. The van der Waals surface area contributed by atoms with Gasteiger partial charge >= 0.3 is 0 Å². The number of anilines is 1. The van der Waals surface area contributed by atoms with Crippen LogP contribution in [0.2, 0.25) is 0 Å². The van der Waals surface area contributed by atoms with E-state index in [9.17, 15) is 4.79 Å². The van der Waals surface area contributed by atoms with Crippen LogP contribution in [0.5, 0.6) is 0 Å². The first-order chi connectivity index (χ1) is 10.2. The van der Waals surface area contributed by atoms with Crippen LogP contribution in [0.1, 0.15) is 55.8 Å². The number of pyridine rings is 1. The molecule has 21 heavy (non-hydrogen) atoms. The van der Waals surface area contributed by atoms with E-state index in [0.717, 1.165) is 37.7 Å². The lowest BCUT2D eigenvalue weighted by atomic mass is 10.0. The van der Waals surface area contributed by atoms with Crippen molar-refractivity contribution in [2.45, 2.75) is 51.5 Å². The Balaban J connectivity index is 1.61. The minimum Gasteiger partial charge on any atom is -0.356 e. The second-order valence-corrected chi connectivity index (χ2v) is 6.55. The van der Waals surface area contributed by atoms with E-state index in [1.165, 1.54) is 25.7 Å². The maximum Gasteiger partial charge on any atom is 0.253 e. The van der Waals surface area contributed by atoms with Crippen molar-refractivity contribution in [3.63, 3.8) is 0 Å². The summed E-state index contributed by atoms with van der Waals surface area (Å²) in [6.45, 7) is 4.43. The summed E-state index contributed by atoms with van der Waals surface area (Å²) in [5.41, 5.74) is 0.677. The molecule has 2 heterocycles. The summed E-state index contributed by atoms with van der Waals surface area (Å²) in [7, 11) is 0. The maximum atomic E-state index is 12.2. The summed E-state index contributed by atoms with van der Waals surface area (Å²) in [6.07, 6.45) is 8.94. The molecule has 0 unspecified atom stereocenters. The Hall–Kier alpha value is -1.58. The van der Waals surface area contributed by atoms with Gasteiger partial charge in [-0.05, 0) is 43.7 Å². The Labute approximate surface area is 126 Å². The Morgan fingerprint density at radius 3 is 2.71 bits per heavy atom. The maximum absolute atomic E-state index is 12.2. The molecule has 4 nitrogen and oxygen atoms in total. The first kappa shape index (κ1) is 14.4. The number of hydrogen-bond donors (Lipinski definition) is 1. The van der Waals surface area contributed by atoms with Gasteiger partial charge in [-0.25, -0.2) is 4.98 Å². The van der Waals surface area contributed by atoms with Crippen LogP contribution in [-0.4, -0.2) is 30.0 Å². The van der Waals surface area contributed by atoms with Crippen LogP contribution in [0, 0.1) is 5.92 Å². The van der Waals surface area contributed by atoms with Gasteiger partial charge in [-0.1, -0.05) is 19.8 Å². The van der Waals surface area contributed by atoms with Crippen LogP contribution in [0.25, 0.3) is 0 Å². The third-order valence-electron chi connectivity index (χ3n) is 4.68. The third-order valence-corrected chi connectivity index (χ3v) is 4.68. The third kappa shape index (κ3) is 3.55. The molecule has 2 aliphatic rings. The van der Waals surface area contributed by atoms with Gasteiger partial charge in [-0.15, -0.1) is 0 Å². The summed E-state index contributed by atoms with van der Waals surface area (Å²) in [6, 6.07) is 4.26. The average molecular weight is 287 g/mol. The van der Waals surface area contributed by atoms with E-state index >= 15 is 0 Å². The normalized spacial score (nSPS) is 23.3. The zero-order valence-corrected chi connectivity index (χ0v) is 12.8. The number of aromatic nitrogens is 1. The van der Waals surface area contributed by atoms with Crippen LogP contribution in [0.4, 0.5) is 5.82 Å². The zero-order chi connectivity index (χ0) is 14.7. The Morgan fingerprint density at radius 1 is 1.24 bits per heavy atom. The molecule has 2 fully saturated rings. The molecule has 1 aliphatic heterocycles. The number of piperidine rings is 1. The minimum absolute atomic E-state index is 0.0213. The smallest absolute Gasteiger partial charge is 0.253 e. The van der Waals surface area contributed by atoms with E-state index in [1.807, 2.05) is 12.1 Å². The van der Waals surface area contributed by atoms with Crippen LogP contribution in [0.15, 0.2) is 18.3 Å². The Morgan fingerprint density at radius 2 is 2.05 bits per heavy atom. The summed E-state index contributed by atoms with van der Waals surface area (Å²) < 4.78 is 0. The van der Waals surface area contributed by atoms with E-state index in [4.69, 9.17) is 0 Å². The largest absolute Gasteiger partial charge is 0.356 e. The van der Waals surface area contributed by atoms with E-state index in [-0.39, 0.29) is 5.91 Å².